The maximum atomic E-state index is 13.3. The molecule has 1 fully saturated rings. The summed E-state index contributed by atoms with van der Waals surface area (Å²) in [5.74, 6) is 0.263. The summed E-state index contributed by atoms with van der Waals surface area (Å²) >= 11 is 0. The fourth-order valence-corrected chi connectivity index (χ4v) is 4.89. The van der Waals surface area contributed by atoms with Gasteiger partial charge in [0.15, 0.2) is 0 Å². The fourth-order valence-electron chi connectivity index (χ4n) is 4.89. The van der Waals surface area contributed by atoms with Gasteiger partial charge in [-0.3, -0.25) is 14.4 Å². The van der Waals surface area contributed by atoms with Crippen LogP contribution < -0.4 is 10.6 Å². The molecule has 0 aliphatic carbocycles. The minimum Gasteiger partial charge on any atom is -0.340 e. The van der Waals surface area contributed by atoms with Crippen molar-refractivity contribution in [2.45, 2.75) is 44.2 Å². The van der Waals surface area contributed by atoms with E-state index in [2.05, 4.69) is 15.2 Å². The Labute approximate surface area is 192 Å². The quantitative estimate of drug-likeness (QED) is 0.645. The fraction of sp³-hybridized carbons (Fsp3) is 0.360. The normalized spacial score (nSPS) is 20.7. The Morgan fingerprint density at radius 3 is 2.73 bits per heavy atom. The molecule has 3 heterocycles. The number of nitrogens with zero attached hydrogens (tertiary/aromatic N) is 3. The van der Waals surface area contributed by atoms with Crippen LogP contribution >= 0.6 is 0 Å². The Kier molecular flexibility index (Phi) is 5.58. The highest BCUT2D eigenvalue weighted by Crippen LogP contribution is 2.32. The molecule has 2 atom stereocenters. The number of hydrogen-bond acceptors (Lipinski definition) is 4. The van der Waals surface area contributed by atoms with Crippen LogP contribution in [0.1, 0.15) is 54.3 Å². The number of piperidine rings is 1. The molecule has 0 saturated carbocycles. The van der Waals surface area contributed by atoms with Crippen LogP contribution in [-0.2, 0) is 16.6 Å². The molecule has 2 aliphatic heterocycles. The van der Waals surface area contributed by atoms with Crippen molar-refractivity contribution in [2.75, 3.05) is 11.9 Å². The first-order valence-electron chi connectivity index (χ1n) is 11.4. The van der Waals surface area contributed by atoms with Gasteiger partial charge in [-0.15, -0.1) is 0 Å². The lowest BCUT2D eigenvalue weighted by molar-refractivity contribution is -0.135. The molecule has 33 heavy (non-hydrogen) atoms. The van der Waals surface area contributed by atoms with Crippen LogP contribution in [0.5, 0.6) is 0 Å². The number of hydrogen-bond donors (Lipinski definition) is 2. The van der Waals surface area contributed by atoms with E-state index in [-0.39, 0.29) is 36.6 Å². The molecule has 0 unspecified atom stereocenters. The number of aromatic nitrogens is 2. The number of rotatable bonds is 4. The number of amides is 3. The Balaban J connectivity index is 1.31. The van der Waals surface area contributed by atoms with Crippen LogP contribution in [0, 0.1) is 0 Å². The Morgan fingerprint density at radius 1 is 1.09 bits per heavy atom. The van der Waals surface area contributed by atoms with Gasteiger partial charge in [-0.2, -0.15) is 0 Å². The number of imidazole rings is 1. The SMILES string of the molecule is Cn1c([C@H]2CCCCN2C(=O)CC[C@@H]2NC(=O)c3ccccc3NC2=O)nc2ccccc21. The van der Waals surface area contributed by atoms with E-state index < -0.39 is 6.04 Å². The predicted molar refractivity (Wildman–Crippen MR) is 125 cm³/mol. The lowest BCUT2D eigenvalue weighted by Crippen LogP contribution is -2.43. The van der Waals surface area contributed by atoms with Crippen molar-refractivity contribution in [1.29, 1.82) is 0 Å². The third kappa shape index (κ3) is 3.97. The summed E-state index contributed by atoms with van der Waals surface area (Å²) in [6, 6.07) is 14.0. The first-order chi connectivity index (χ1) is 16.0. The number of anilines is 1. The number of fused-ring (bicyclic) bond motifs is 2. The molecule has 0 bridgehead atoms. The van der Waals surface area contributed by atoms with Gasteiger partial charge in [0.1, 0.15) is 11.9 Å². The van der Waals surface area contributed by atoms with Crippen molar-refractivity contribution in [3.05, 3.63) is 59.9 Å². The van der Waals surface area contributed by atoms with Gasteiger partial charge in [0, 0.05) is 20.0 Å². The molecule has 170 valence electrons. The number of carbonyl (C=O) groups is 3. The van der Waals surface area contributed by atoms with Crippen molar-refractivity contribution in [2.24, 2.45) is 7.05 Å². The van der Waals surface area contributed by atoms with Gasteiger partial charge in [0.25, 0.3) is 5.91 Å². The molecular weight excluding hydrogens is 418 g/mol. The largest absolute Gasteiger partial charge is 0.340 e. The van der Waals surface area contributed by atoms with Gasteiger partial charge >= 0.3 is 0 Å². The molecule has 3 amide bonds. The molecule has 8 heteroatoms. The summed E-state index contributed by atoms with van der Waals surface area (Å²) < 4.78 is 2.07. The number of para-hydroxylation sites is 3. The molecule has 2 N–H and O–H groups in total. The summed E-state index contributed by atoms with van der Waals surface area (Å²) in [7, 11) is 1.99. The van der Waals surface area contributed by atoms with Crippen molar-refractivity contribution >= 4 is 34.4 Å². The first-order valence-corrected chi connectivity index (χ1v) is 11.4. The molecule has 3 aromatic rings. The first kappa shape index (κ1) is 21.2. The van der Waals surface area contributed by atoms with E-state index in [4.69, 9.17) is 4.98 Å². The Morgan fingerprint density at radius 2 is 1.88 bits per heavy atom. The molecule has 8 nitrogen and oxygen atoms in total. The van der Waals surface area contributed by atoms with E-state index in [0.717, 1.165) is 36.1 Å². The zero-order valence-corrected chi connectivity index (χ0v) is 18.6. The molecule has 5 rings (SSSR count). The highest BCUT2D eigenvalue weighted by molar-refractivity contribution is 6.09. The highest BCUT2D eigenvalue weighted by Gasteiger charge is 2.33. The Bertz CT molecular complexity index is 1230. The second-order valence-corrected chi connectivity index (χ2v) is 8.72. The van der Waals surface area contributed by atoms with E-state index >= 15 is 0 Å². The molecule has 1 aromatic heterocycles. The third-order valence-corrected chi connectivity index (χ3v) is 6.64. The van der Waals surface area contributed by atoms with E-state index in [1.165, 1.54) is 0 Å². The van der Waals surface area contributed by atoms with Crippen molar-refractivity contribution in [1.82, 2.24) is 19.8 Å². The van der Waals surface area contributed by atoms with Gasteiger partial charge in [0.2, 0.25) is 11.8 Å². The van der Waals surface area contributed by atoms with E-state index in [1.807, 2.05) is 36.2 Å². The summed E-state index contributed by atoms with van der Waals surface area (Å²) in [6.45, 7) is 0.668. The van der Waals surface area contributed by atoms with Gasteiger partial charge in [-0.05, 0) is 49.9 Å². The number of aryl methyl sites for hydroxylation is 1. The average Bonchev–Trinajstić information content (AvgIpc) is 3.11. The molecule has 0 radical (unpaired) electrons. The third-order valence-electron chi connectivity index (χ3n) is 6.64. The van der Waals surface area contributed by atoms with Gasteiger partial charge in [0.05, 0.1) is 28.3 Å². The van der Waals surface area contributed by atoms with Gasteiger partial charge < -0.3 is 20.1 Å². The van der Waals surface area contributed by atoms with Crippen LogP contribution in [0.25, 0.3) is 11.0 Å². The summed E-state index contributed by atoms with van der Waals surface area (Å²) in [4.78, 5) is 45.2. The van der Waals surface area contributed by atoms with Crippen LogP contribution in [0.15, 0.2) is 48.5 Å². The second kappa shape index (κ2) is 8.69. The topological polar surface area (TPSA) is 96.3 Å². The maximum Gasteiger partial charge on any atom is 0.254 e. The molecule has 1 saturated heterocycles. The summed E-state index contributed by atoms with van der Waals surface area (Å²) in [5.41, 5.74) is 2.89. The lowest BCUT2D eigenvalue weighted by Gasteiger charge is -2.35. The van der Waals surface area contributed by atoms with Crippen LogP contribution in [0.4, 0.5) is 5.69 Å². The predicted octanol–water partition coefficient (Wildman–Crippen LogP) is 3.16. The smallest absolute Gasteiger partial charge is 0.254 e. The zero-order chi connectivity index (χ0) is 22.9. The van der Waals surface area contributed by atoms with Gasteiger partial charge in [-0.1, -0.05) is 24.3 Å². The van der Waals surface area contributed by atoms with E-state index in [9.17, 15) is 14.4 Å². The Hall–Kier alpha value is -3.68. The monoisotopic (exact) mass is 445 g/mol. The number of likely N-dealkylation sites (tertiary alicyclic amines) is 1. The van der Waals surface area contributed by atoms with Crippen molar-refractivity contribution in [3.63, 3.8) is 0 Å². The number of carbonyl (C=O) groups excluding carboxylic acids is 3. The average molecular weight is 446 g/mol. The van der Waals surface area contributed by atoms with Crippen LogP contribution in [-0.4, -0.2) is 44.8 Å². The van der Waals surface area contributed by atoms with Crippen molar-refractivity contribution < 1.29 is 14.4 Å². The summed E-state index contributed by atoms with van der Waals surface area (Å²) in [5, 5.41) is 5.58. The number of nitrogens with one attached hydrogen (secondary N) is 2. The van der Waals surface area contributed by atoms with E-state index in [1.54, 1.807) is 24.3 Å². The lowest BCUT2D eigenvalue weighted by atomic mass is 10.00. The van der Waals surface area contributed by atoms with Crippen molar-refractivity contribution in [3.8, 4) is 0 Å². The number of benzene rings is 2. The summed E-state index contributed by atoms with van der Waals surface area (Å²) in [6.07, 6.45) is 3.27. The zero-order valence-electron chi connectivity index (χ0n) is 18.6. The van der Waals surface area contributed by atoms with Crippen LogP contribution in [0.2, 0.25) is 0 Å². The minimum atomic E-state index is -0.757. The molecule has 2 aliphatic rings. The maximum absolute atomic E-state index is 13.3. The van der Waals surface area contributed by atoms with Gasteiger partial charge in [-0.25, -0.2) is 4.98 Å². The molecule has 0 spiro atoms. The van der Waals surface area contributed by atoms with E-state index in [0.29, 0.717) is 17.8 Å². The molecule has 2 aromatic carbocycles. The molecular formula is C25H27N5O3. The highest BCUT2D eigenvalue weighted by atomic mass is 16.2. The standard InChI is InChI=1S/C25H27N5O3/c1-29-20-11-5-4-10-18(20)26-23(29)21-12-6-7-15-30(21)22(31)14-13-19-25(33)27-17-9-3-2-8-16(17)24(32)28-19/h2-5,8-11,19,21H,6-7,12-15H2,1H3,(H,27,33)(H,28,32)/t19-,21+/m0/s1. The minimum absolute atomic E-state index is 0.0180. The second-order valence-electron chi connectivity index (χ2n) is 8.72. The van der Waals surface area contributed by atoms with Crippen LogP contribution in [0.3, 0.4) is 0 Å².